The van der Waals surface area contributed by atoms with Gasteiger partial charge in [-0.15, -0.1) is 17.9 Å². The standard InChI is InChI=1S/C24H20FN3O2S/c1-2-14-28(24-27-20(16-31-24)17-8-4-3-5-9-17)23(29)13-12-22-26-15-21(30-22)18-10-6-7-11-19(18)25/h2-11,15-16H,1,12-14H2. The number of anilines is 1. The summed E-state index contributed by atoms with van der Waals surface area (Å²) in [5.74, 6) is 0.237. The summed E-state index contributed by atoms with van der Waals surface area (Å²) >= 11 is 1.41. The molecule has 0 atom stereocenters. The number of carbonyl (C=O) groups excluding carboxylic acids is 1. The largest absolute Gasteiger partial charge is 0.441 e. The van der Waals surface area contributed by atoms with Gasteiger partial charge in [-0.1, -0.05) is 48.5 Å². The highest BCUT2D eigenvalue weighted by molar-refractivity contribution is 7.14. The maximum atomic E-state index is 13.9. The summed E-state index contributed by atoms with van der Waals surface area (Å²) < 4.78 is 19.6. The van der Waals surface area contributed by atoms with E-state index in [-0.39, 0.29) is 18.1 Å². The molecule has 0 radical (unpaired) electrons. The Morgan fingerprint density at radius 3 is 2.71 bits per heavy atom. The molecule has 2 aromatic heterocycles. The zero-order valence-electron chi connectivity index (χ0n) is 16.7. The Morgan fingerprint density at radius 2 is 1.94 bits per heavy atom. The molecule has 0 aliphatic heterocycles. The number of rotatable bonds is 8. The zero-order valence-corrected chi connectivity index (χ0v) is 17.5. The molecule has 0 aliphatic carbocycles. The molecule has 0 aliphatic rings. The average Bonchev–Trinajstić information content (AvgIpc) is 3.47. The van der Waals surface area contributed by atoms with Crippen LogP contribution in [0, 0.1) is 5.82 Å². The Balaban J connectivity index is 1.45. The van der Waals surface area contributed by atoms with Gasteiger partial charge in [-0.3, -0.25) is 9.69 Å². The van der Waals surface area contributed by atoms with Gasteiger partial charge in [-0.25, -0.2) is 14.4 Å². The predicted molar refractivity (Wildman–Crippen MR) is 120 cm³/mol. The van der Waals surface area contributed by atoms with E-state index < -0.39 is 0 Å². The Morgan fingerprint density at radius 1 is 1.16 bits per heavy atom. The van der Waals surface area contributed by atoms with E-state index in [1.54, 1.807) is 29.2 Å². The minimum Gasteiger partial charge on any atom is -0.441 e. The highest BCUT2D eigenvalue weighted by Gasteiger charge is 2.19. The van der Waals surface area contributed by atoms with Gasteiger partial charge in [0, 0.05) is 30.3 Å². The summed E-state index contributed by atoms with van der Waals surface area (Å²) in [7, 11) is 0. The van der Waals surface area contributed by atoms with Crippen molar-refractivity contribution in [3.05, 3.63) is 90.5 Å². The van der Waals surface area contributed by atoms with E-state index in [0.29, 0.717) is 35.3 Å². The molecule has 156 valence electrons. The van der Waals surface area contributed by atoms with E-state index in [9.17, 15) is 9.18 Å². The van der Waals surface area contributed by atoms with Crippen LogP contribution in [-0.4, -0.2) is 22.4 Å². The number of amides is 1. The number of carbonyl (C=O) groups is 1. The van der Waals surface area contributed by atoms with Gasteiger partial charge >= 0.3 is 0 Å². The van der Waals surface area contributed by atoms with Gasteiger partial charge < -0.3 is 4.42 Å². The van der Waals surface area contributed by atoms with Crippen LogP contribution in [0.1, 0.15) is 12.3 Å². The average molecular weight is 434 g/mol. The van der Waals surface area contributed by atoms with Crippen molar-refractivity contribution in [1.82, 2.24) is 9.97 Å². The van der Waals surface area contributed by atoms with Gasteiger partial charge in [0.2, 0.25) is 5.91 Å². The molecule has 0 saturated heterocycles. The van der Waals surface area contributed by atoms with Crippen LogP contribution in [-0.2, 0) is 11.2 Å². The van der Waals surface area contributed by atoms with Crippen molar-refractivity contribution in [2.45, 2.75) is 12.8 Å². The first kappa shape index (κ1) is 20.7. The van der Waals surface area contributed by atoms with Gasteiger partial charge in [-0.2, -0.15) is 0 Å². The van der Waals surface area contributed by atoms with Gasteiger partial charge in [0.1, 0.15) is 5.82 Å². The number of nitrogens with zero attached hydrogens (tertiary/aromatic N) is 3. The van der Waals surface area contributed by atoms with Crippen molar-refractivity contribution < 1.29 is 13.6 Å². The van der Waals surface area contributed by atoms with Crippen LogP contribution in [0.4, 0.5) is 9.52 Å². The van der Waals surface area contributed by atoms with E-state index in [1.807, 2.05) is 35.7 Å². The molecule has 31 heavy (non-hydrogen) atoms. The van der Waals surface area contributed by atoms with Crippen LogP contribution in [0.25, 0.3) is 22.6 Å². The molecule has 0 saturated carbocycles. The fourth-order valence-corrected chi connectivity index (χ4v) is 3.97. The number of halogens is 1. The SMILES string of the molecule is C=CCN(C(=O)CCc1ncc(-c2ccccc2F)o1)c1nc(-c2ccccc2)cs1. The molecule has 1 amide bonds. The fraction of sp³-hybridized carbons (Fsp3) is 0.125. The smallest absolute Gasteiger partial charge is 0.229 e. The second-order valence-electron chi connectivity index (χ2n) is 6.77. The summed E-state index contributed by atoms with van der Waals surface area (Å²) in [6.45, 7) is 4.11. The second-order valence-corrected chi connectivity index (χ2v) is 7.61. The number of aryl methyl sites for hydroxylation is 1. The number of hydrogen-bond acceptors (Lipinski definition) is 5. The molecule has 4 rings (SSSR count). The van der Waals surface area contributed by atoms with Crippen molar-refractivity contribution in [3.8, 4) is 22.6 Å². The molecule has 4 aromatic rings. The maximum Gasteiger partial charge on any atom is 0.229 e. The second kappa shape index (κ2) is 9.49. The first-order valence-corrected chi connectivity index (χ1v) is 10.7. The van der Waals surface area contributed by atoms with E-state index in [4.69, 9.17) is 4.42 Å². The van der Waals surface area contributed by atoms with Crippen molar-refractivity contribution in [2.75, 3.05) is 11.4 Å². The lowest BCUT2D eigenvalue weighted by molar-refractivity contribution is -0.118. The Kier molecular flexibility index (Phi) is 6.33. The van der Waals surface area contributed by atoms with E-state index in [2.05, 4.69) is 16.5 Å². The third-order valence-electron chi connectivity index (χ3n) is 4.65. The molecule has 0 bridgehead atoms. The quantitative estimate of drug-likeness (QED) is 0.332. The van der Waals surface area contributed by atoms with Crippen LogP contribution in [0.2, 0.25) is 0 Å². The Bertz CT molecular complexity index is 1190. The lowest BCUT2D eigenvalue weighted by Crippen LogP contribution is -2.31. The third kappa shape index (κ3) is 4.78. The molecular formula is C24H20FN3O2S. The maximum absolute atomic E-state index is 13.9. The van der Waals surface area contributed by atoms with Crippen LogP contribution in [0.5, 0.6) is 0 Å². The highest BCUT2D eigenvalue weighted by atomic mass is 32.1. The molecular weight excluding hydrogens is 413 g/mol. The van der Waals surface area contributed by atoms with E-state index in [0.717, 1.165) is 11.3 Å². The molecule has 2 aromatic carbocycles. The van der Waals surface area contributed by atoms with Gasteiger partial charge in [0.25, 0.3) is 0 Å². The predicted octanol–water partition coefficient (Wildman–Crippen LogP) is 5.76. The molecule has 0 N–H and O–H groups in total. The first-order chi connectivity index (χ1) is 15.2. The summed E-state index contributed by atoms with van der Waals surface area (Å²) in [6.07, 6.45) is 3.64. The minimum absolute atomic E-state index is 0.112. The number of hydrogen-bond donors (Lipinski definition) is 0. The molecule has 0 unspecified atom stereocenters. The van der Waals surface area contributed by atoms with Crippen molar-refractivity contribution >= 4 is 22.4 Å². The minimum atomic E-state index is -0.378. The number of thiazole rings is 1. The molecule has 7 heteroatoms. The number of aromatic nitrogens is 2. The fourth-order valence-electron chi connectivity index (χ4n) is 3.11. The Hall–Kier alpha value is -3.58. The van der Waals surface area contributed by atoms with Crippen molar-refractivity contribution in [3.63, 3.8) is 0 Å². The molecule has 5 nitrogen and oxygen atoms in total. The zero-order chi connectivity index (χ0) is 21.6. The van der Waals surface area contributed by atoms with Crippen LogP contribution >= 0.6 is 11.3 Å². The highest BCUT2D eigenvalue weighted by Crippen LogP contribution is 2.28. The summed E-state index contributed by atoms with van der Waals surface area (Å²) in [5.41, 5.74) is 2.17. The first-order valence-electron chi connectivity index (χ1n) is 9.77. The van der Waals surface area contributed by atoms with Crippen molar-refractivity contribution in [2.24, 2.45) is 0 Å². The van der Waals surface area contributed by atoms with Crippen LogP contribution < -0.4 is 4.90 Å². The molecule has 2 heterocycles. The van der Waals surface area contributed by atoms with Crippen LogP contribution in [0.15, 0.2) is 83.2 Å². The van der Waals surface area contributed by atoms with Crippen LogP contribution in [0.3, 0.4) is 0 Å². The molecule has 0 spiro atoms. The van der Waals surface area contributed by atoms with E-state index >= 15 is 0 Å². The lowest BCUT2D eigenvalue weighted by atomic mass is 10.2. The Labute approximate surface area is 183 Å². The van der Waals surface area contributed by atoms with Gasteiger partial charge in [0.15, 0.2) is 16.8 Å². The summed E-state index contributed by atoms with van der Waals surface area (Å²) in [4.78, 5) is 23.3. The van der Waals surface area contributed by atoms with Gasteiger partial charge in [-0.05, 0) is 12.1 Å². The van der Waals surface area contributed by atoms with E-state index in [1.165, 1.54) is 23.6 Å². The summed E-state index contributed by atoms with van der Waals surface area (Å²) in [6, 6.07) is 16.2. The monoisotopic (exact) mass is 433 g/mol. The van der Waals surface area contributed by atoms with Crippen molar-refractivity contribution in [1.29, 1.82) is 0 Å². The number of oxazole rings is 1. The molecule has 0 fully saturated rings. The third-order valence-corrected chi connectivity index (χ3v) is 5.51. The lowest BCUT2D eigenvalue weighted by Gasteiger charge is -2.17. The summed E-state index contributed by atoms with van der Waals surface area (Å²) in [5, 5.41) is 2.55. The topological polar surface area (TPSA) is 59.2 Å². The van der Waals surface area contributed by atoms with Gasteiger partial charge in [0.05, 0.1) is 17.5 Å². The normalized spacial score (nSPS) is 10.7. The number of benzene rings is 2.